The second kappa shape index (κ2) is 3.84. The van der Waals surface area contributed by atoms with Crippen molar-refractivity contribution in [3.63, 3.8) is 0 Å². The first kappa shape index (κ1) is 10.3. The van der Waals surface area contributed by atoms with Gasteiger partial charge in [-0.15, -0.1) is 0 Å². The average molecular weight is 226 g/mol. The molecule has 0 radical (unpaired) electrons. The Morgan fingerprint density at radius 1 is 1.29 bits per heavy atom. The van der Waals surface area contributed by atoms with E-state index in [1.54, 1.807) is 4.68 Å². The van der Waals surface area contributed by atoms with Gasteiger partial charge in [0.05, 0.1) is 11.9 Å². The first-order valence-electron chi connectivity index (χ1n) is 5.93. The van der Waals surface area contributed by atoms with Gasteiger partial charge in [-0.25, -0.2) is 4.68 Å². The monoisotopic (exact) mass is 226 g/mol. The Hall–Kier alpha value is -1.90. The molecular formula is C14H14N2O. The van der Waals surface area contributed by atoms with Gasteiger partial charge in [0.25, 0.3) is 0 Å². The molecule has 1 aliphatic carbocycles. The van der Waals surface area contributed by atoms with Gasteiger partial charge in [-0.3, -0.25) is 4.79 Å². The summed E-state index contributed by atoms with van der Waals surface area (Å²) >= 11 is 0. The Balaban J connectivity index is 2.16. The fourth-order valence-electron chi connectivity index (χ4n) is 2.38. The van der Waals surface area contributed by atoms with E-state index in [4.69, 9.17) is 0 Å². The molecule has 1 aromatic heterocycles. The van der Waals surface area contributed by atoms with Crippen molar-refractivity contribution in [3.05, 3.63) is 47.3 Å². The highest BCUT2D eigenvalue weighted by Gasteiger charge is 2.22. The molecule has 0 N–H and O–H groups in total. The first-order chi connectivity index (χ1) is 8.25. The molecule has 3 nitrogen and oxygen atoms in total. The Morgan fingerprint density at radius 2 is 2.18 bits per heavy atom. The molecule has 17 heavy (non-hydrogen) atoms. The van der Waals surface area contributed by atoms with Crippen LogP contribution in [0.2, 0.25) is 0 Å². The molecule has 0 bridgehead atoms. The highest BCUT2D eigenvalue weighted by atomic mass is 16.1. The summed E-state index contributed by atoms with van der Waals surface area (Å²) in [5, 5.41) is 4.36. The Kier molecular flexibility index (Phi) is 2.32. The van der Waals surface area contributed by atoms with Gasteiger partial charge >= 0.3 is 0 Å². The molecule has 0 saturated carbocycles. The van der Waals surface area contributed by atoms with Gasteiger partial charge in [0.2, 0.25) is 0 Å². The molecule has 0 spiro atoms. The maximum atomic E-state index is 12.0. The summed E-state index contributed by atoms with van der Waals surface area (Å²) in [6, 6.07) is 8.07. The second-order valence-corrected chi connectivity index (χ2v) is 4.55. The summed E-state index contributed by atoms with van der Waals surface area (Å²) in [5.41, 5.74) is 4.01. The summed E-state index contributed by atoms with van der Waals surface area (Å²) in [4.78, 5) is 12.0. The lowest BCUT2D eigenvalue weighted by Gasteiger charge is -2.13. The summed E-state index contributed by atoms with van der Waals surface area (Å²) in [6.45, 7) is 2.04. The minimum atomic E-state index is 0.213. The normalized spacial score (nSPS) is 14.8. The third-order valence-corrected chi connectivity index (χ3v) is 3.21. The van der Waals surface area contributed by atoms with Crippen LogP contribution in [0, 0.1) is 6.92 Å². The van der Waals surface area contributed by atoms with Crippen LogP contribution in [0.3, 0.4) is 0 Å². The molecule has 1 aromatic carbocycles. The molecule has 2 aromatic rings. The van der Waals surface area contributed by atoms with E-state index in [-0.39, 0.29) is 5.78 Å². The quantitative estimate of drug-likeness (QED) is 0.749. The fraction of sp³-hybridized carbons (Fsp3) is 0.286. The molecule has 0 atom stereocenters. The average Bonchev–Trinajstić information content (AvgIpc) is 2.74. The zero-order chi connectivity index (χ0) is 11.8. The van der Waals surface area contributed by atoms with Gasteiger partial charge in [-0.05, 0) is 37.5 Å². The smallest absolute Gasteiger partial charge is 0.181 e. The van der Waals surface area contributed by atoms with Gasteiger partial charge < -0.3 is 0 Å². The van der Waals surface area contributed by atoms with E-state index in [9.17, 15) is 4.79 Å². The highest BCUT2D eigenvalue weighted by molar-refractivity contribution is 5.97. The minimum Gasteiger partial charge on any atom is -0.292 e. The summed E-state index contributed by atoms with van der Waals surface area (Å²) in [6.07, 6.45) is 4.39. The summed E-state index contributed by atoms with van der Waals surface area (Å²) in [5.74, 6) is 0.213. The molecule has 1 aliphatic rings. The minimum absolute atomic E-state index is 0.213. The predicted molar refractivity (Wildman–Crippen MR) is 65.6 cm³/mol. The topological polar surface area (TPSA) is 34.9 Å². The van der Waals surface area contributed by atoms with E-state index in [2.05, 4.69) is 11.2 Å². The number of hydrogen-bond acceptors (Lipinski definition) is 2. The lowest BCUT2D eigenvalue weighted by molar-refractivity contribution is 0.0965. The highest BCUT2D eigenvalue weighted by Crippen LogP contribution is 2.23. The molecule has 1 heterocycles. The molecule has 3 rings (SSSR count). The summed E-state index contributed by atoms with van der Waals surface area (Å²) < 4.78 is 1.78. The van der Waals surface area contributed by atoms with Crippen molar-refractivity contribution >= 4 is 5.78 Å². The lowest BCUT2D eigenvalue weighted by atomic mass is 9.97. The van der Waals surface area contributed by atoms with E-state index in [1.165, 1.54) is 5.56 Å². The van der Waals surface area contributed by atoms with Crippen molar-refractivity contribution in [2.75, 3.05) is 0 Å². The van der Waals surface area contributed by atoms with Crippen molar-refractivity contribution in [1.82, 2.24) is 9.78 Å². The van der Waals surface area contributed by atoms with Crippen LogP contribution in [0.25, 0.3) is 5.69 Å². The molecule has 0 unspecified atom stereocenters. The molecule has 0 saturated heterocycles. The zero-order valence-electron chi connectivity index (χ0n) is 9.81. The Morgan fingerprint density at radius 3 is 3.00 bits per heavy atom. The molecular weight excluding hydrogens is 212 g/mol. The number of aromatic nitrogens is 2. The Labute approximate surface area is 100 Å². The van der Waals surface area contributed by atoms with Crippen LogP contribution < -0.4 is 0 Å². The lowest BCUT2D eigenvalue weighted by Crippen LogP contribution is -2.15. The maximum Gasteiger partial charge on any atom is 0.181 e. The van der Waals surface area contributed by atoms with Crippen molar-refractivity contribution < 1.29 is 4.79 Å². The van der Waals surface area contributed by atoms with Crippen LogP contribution in [0.5, 0.6) is 0 Å². The van der Waals surface area contributed by atoms with Crippen LogP contribution in [-0.2, 0) is 6.42 Å². The van der Waals surface area contributed by atoms with E-state index < -0.39 is 0 Å². The van der Waals surface area contributed by atoms with Gasteiger partial charge in [-0.1, -0.05) is 12.1 Å². The van der Waals surface area contributed by atoms with Crippen LogP contribution in [-0.4, -0.2) is 15.6 Å². The van der Waals surface area contributed by atoms with Crippen LogP contribution in [0.15, 0.2) is 30.5 Å². The number of benzene rings is 1. The zero-order valence-corrected chi connectivity index (χ0v) is 9.81. The van der Waals surface area contributed by atoms with E-state index in [1.807, 2.05) is 31.3 Å². The number of fused-ring (bicyclic) bond motifs is 1. The van der Waals surface area contributed by atoms with E-state index in [0.29, 0.717) is 6.42 Å². The van der Waals surface area contributed by atoms with Gasteiger partial charge in [-0.2, -0.15) is 5.10 Å². The van der Waals surface area contributed by atoms with Crippen molar-refractivity contribution in [3.8, 4) is 5.69 Å². The van der Waals surface area contributed by atoms with Crippen LogP contribution in [0.4, 0.5) is 0 Å². The SMILES string of the molecule is Cc1cccc(-n2ncc3c2C(=O)CCC3)c1. The molecule has 0 aliphatic heterocycles. The van der Waals surface area contributed by atoms with Gasteiger partial charge in [0.15, 0.2) is 5.78 Å². The van der Waals surface area contributed by atoms with Gasteiger partial charge in [0, 0.05) is 12.0 Å². The number of carbonyl (C=O) groups excluding carboxylic acids is 1. The van der Waals surface area contributed by atoms with Crippen molar-refractivity contribution in [2.45, 2.75) is 26.2 Å². The number of nitrogens with zero attached hydrogens (tertiary/aromatic N) is 2. The summed E-state index contributed by atoms with van der Waals surface area (Å²) in [7, 11) is 0. The van der Waals surface area contributed by atoms with Crippen molar-refractivity contribution in [2.24, 2.45) is 0 Å². The third-order valence-electron chi connectivity index (χ3n) is 3.21. The number of hydrogen-bond donors (Lipinski definition) is 0. The largest absolute Gasteiger partial charge is 0.292 e. The Bertz CT molecular complexity index is 584. The van der Waals surface area contributed by atoms with E-state index >= 15 is 0 Å². The molecule has 86 valence electrons. The van der Waals surface area contributed by atoms with Crippen LogP contribution >= 0.6 is 0 Å². The fourth-order valence-corrected chi connectivity index (χ4v) is 2.38. The molecule has 0 amide bonds. The number of aryl methyl sites for hydroxylation is 2. The van der Waals surface area contributed by atoms with E-state index in [0.717, 1.165) is 29.8 Å². The van der Waals surface area contributed by atoms with Crippen molar-refractivity contribution in [1.29, 1.82) is 0 Å². The third kappa shape index (κ3) is 1.68. The molecule has 3 heteroatoms. The first-order valence-corrected chi connectivity index (χ1v) is 5.93. The van der Waals surface area contributed by atoms with Crippen LogP contribution in [0.1, 0.15) is 34.5 Å². The number of rotatable bonds is 1. The number of carbonyl (C=O) groups is 1. The predicted octanol–water partition coefficient (Wildman–Crippen LogP) is 2.70. The number of Topliss-reactive ketones (excluding diaryl/α,β-unsaturated/α-hetero) is 1. The number of ketones is 1. The second-order valence-electron chi connectivity index (χ2n) is 4.55. The molecule has 0 fully saturated rings. The van der Waals surface area contributed by atoms with Gasteiger partial charge in [0.1, 0.15) is 5.69 Å². The standard InChI is InChI=1S/C14H14N2O/c1-10-4-2-6-12(8-10)16-14-11(9-15-16)5-3-7-13(14)17/h2,4,6,8-9H,3,5,7H2,1H3. The maximum absolute atomic E-state index is 12.0.